The molecule has 2 aromatic rings. The van der Waals surface area contributed by atoms with Gasteiger partial charge in [-0.1, -0.05) is 11.6 Å². The van der Waals surface area contributed by atoms with Gasteiger partial charge in [-0.15, -0.1) is 0 Å². The lowest BCUT2D eigenvalue weighted by Crippen LogP contribution is -2.10. The molecule has 0 spiro atoms. The van der Waals surface area contributed by atoms with E-state index < -0.39 is 5.91 Å². The number of primary amides is 1. The second kappa shape index (κ2) is 2.74. The Hall–Kier alpha value is -1.55. The summed E-state index contributed by atoms with van der Waals surface area (Å²) in [5.41, 5.74) is 5.97. The van der Waals surface area contributed by atoms with Crippen molar-refractivity contribution >= 4 is 28.5 Å². The highest BCUT2D eigenvalue weighted by Crippen LogP contribution is 2.21. The third kappa shape index (κ3) is 1.25. The van der Waals surface area contributed by atoms with Crippen molar-refractivity contribution in [2.24, 2.45) is 5.73 Å². The minimum Gasteiger partial charge on any atom is -0.364 e. The van der Waals surface area contributed by atoms with Gasteiger partial charge in [0.2, 0.25) is 0 Å². The van der Waals surface area contributed by atoms with Crippen LogP contribution in [0.15, 0.2) is 18.3 Å². The summed E-state index contributed by atoms with van der Waals surface area (Å²) >= 11 is 5.86. The zero-order valence-corrected chi connectivity index (χ0v) is 7.30. The first-order chi connectivity index (χ1) is 6.18. The van der Waals surface area contributed by atoms with Crippen molar-refractivity contribution in [1.82, 2.24) is 9.97 Å². The normalized spacial score (nSPS) is 10.5. The van der Waals surface area contributed by atoms with Gasteiger partial charge < -0.3 is 10.7 Å². The summed E-state index contributed by atoms with van der Waals surface area (Å²) < 4.78 is 0. The first-order valence-corrected chi connectivity index (χ1v) is 3.99. The third-order valence-corrected chi connectivity index (χ3v) is 2.07. The number of nitrogens with one attached hydrogen (secondary N) is 1. The van der Waals surface area contributed by atoms with Gasteiger partial charge >= 0.3 is 0 Å². The number of aromatic nitrogens is 2. The molecule has 1 amide bonds. The lowest BCUT2D eigenvalue weighted by atomic mass is 10.3. The van der Waals surface area contributed by atoms with Gasteiger partial charge in [0.15, 0.2) is 0 Å². The van der Waals surface area contributed by atoms with Gasteiger partial charge in [-0.2, -0.15) is 0 Å². The summed E-state index contributed by atoms with van der Waals surface area (Å²) in [6.07, 6.45) is 1.56. The van der Waals surface area contributed by atoms with Gasteiger partial charge in [0.25, 0.3) is 5.91 Å². The quantitative estimate of drug-likeness (QED) is 0.720. The maximum Gasteiger partial charge on any atom is 0.265 e. The second-order valence-electron chi connectivity index (χ2n) is 2.60. The summed E-state index contributed by atoms with van der Waals surface area (Å²) in [6, 6.07) is 3.25. The van der Waals surface area contributed by atoms with E-state index in [2.05, 4.69) is 9.97 Å². The fraction of sp³-hybridized carbons (Fsp3) is 0. The maximum atomic E-state index is 10.8. The molecule has 0 saturated heterocycles. The third-order valence-electron chi connectivity index (χ3n) is 1.74. The molecule has 4 nitrogen and oxygen atoms in total. The number of H-pyrrole nitrogens is 1. The highest BCUT2D eigenvalue weighted by Gasteiger charge is 2.07. The van der Waals surface area contributed by atoms with Crippen LogP contribution in [0, 0.1) is 0 Å². The number of hydrogen-bond donors (Lipinski definition) is 2. The van der Waals surface area contributed by atoms with E-state index in [9.17, 15) is 4.79 Å². The number of fused-ring (bicyclic) bond motifs is 1. The average Bonchev–Trinajstić information content (AvgIpc) is 2.49. The molecule has 5 heteroatoms. The lowest BCUT2D eigenvalue weighted by Gasteiger charge is -1.89. The number of carbonyl (C=O) groups excluding carboxylic acids is 1. The smallest absolute Gasteiger partial charge is 0.265 e. The molecule has 0 aromatic carbocycles. The Kier molecular flexibility index (Phi) is 1.70. The van der Waals surface area contributed by atoms with E-state index >= 15 is 0 Å². The van der Waals surface area contributed by atoms with Crippen LogP contribution in [0.3, 0.4) is 0 Å². The van der Waals surface area contributed by atoms with E-state index in [-0.39, 0.29) is 0 Å². The predicted molar refractivity (Wildman–Crippen MR) is 49.6 cm³/mol. The Morgan fingerprint density at radius 3 is 3.00 bits per heavy atom. The number of carbonyl (C=O) groups is 1. The number of pyridine rings is 1. The molecule has 0 aliphatic rings. The van der Waals surface area contributed by atoms with Crippen molar-refractivity contribution in [3.63, 3.8) is 0 Å². The van der Waals surface area contributed by atoms with Gasteiger partial charge in [-0.05, 0) is 12.1 Å². The molecule has 0 aliphatic heterocycles. The van der Waals surface area contributed by atoms with Crippen molar-refractivity contribution in [2.75, 3.05) is 0 Å². The zero-order chi connectivity index (χ0) is 9.42. The summed E-state index contributed by atoms with van der Waals surface area (Å²) in [5, 5.41) is 1.26. The molecule has 13 heavy (non-hydrogen) atoms. The summed E-state index contributed by atoms with van der Waals surface area (Å²) in [6.45, 7) is 0. The van der Waals surface area contributed by atoms with Gasteiger partial charge in [0, 0.05) is 11.6 Å². The van der Waals surface area contributed by atoms with Crippen molar-refractivity contribution < 1.29 is 4.79 Å². The fourth-order valence-electron chi connectivity index (χ4n) is 1.13. The predicted octanol–water partition coefficient (Wildman–Crippen LogP) is 1.32. The Morgan fingerprint density at radius 1 is 1.62 bits per heavy atom. The molecule has 0 aliphatic carbocycles. The van der Waals surface area contributed by atoms with E-state index in [1.54, 1.807) is 18.3 Å². The van der Waals surface area contributed by atoms with E-state index in [4.69, 9.17) is 17.3 Å². The van der Waals surface area contributed by atoms with Gasteiger partial charge in [-0.3, -0.25) is 4.79 Å². The molecular weight excluding hydrogens is 190 g/mol. The maximum absolute atomic E-state index is 10.8. The number of amides is 1. The molecule has 0 bridgehead atoms. The van der Waals surface area contributed by atoms with E-state index in [0.29, 0.717) is 21.7 Å². The van der Waals surface area contributed by atoms with Crippen molar-refractivity contribution in [3.05, 3.63) is 29.0 Å². The first kappa shape index (κ1) is 8.07. The van der Waals surface area contributed by atoms with Crippen LogP contribution < -0.4 is 5.73 Å². The minimum atomic E-state index is -0.519. The van der Waals surface area contributed by atoms with E-state index in [1.165, 1.54) is 0 Å². The van der Waals surface area contributed by atoms with Crippen molar-refractivity contribution in [1.29, 1.82) is 0 Å². The first-order valence-electron chi connectivity index (χ1n) is 3.61. The molecular formula is C8H6ClN3O. The van der Waals surface area contributed by atoms with Crippen molar-refractivity contribution in [3.8, 4) is 0 Å². The van der Waals surface area contributed by atoms with Crippen LogP contribution in [0.5, 0.6) is 0 Å². The molecule has 0 atom stereocenters. The molecule has 0 saturated carbocycles. The van der Waals surface area contributed by atoms with Crippen LogP contribution in [-0.4, -0.2) is 15.9 Å². The Morgan fingerprint density at radius 2 is 2.38 bits per heavy atom. The van der Waals surface area contributed by atoms with Crippen LogP contribution >= 0.6 is 11.6 Å². The number of aromatic amines is 1. The van der Waals surface area contributed by atoms with Crippen molar-refractivity contribution in [2.45, 2.75) is 0 Å². The topological polar surface area (TPSA) is 71.8 Å². The van der Waals surface area contributed by atoms with Crippen LogP contribution in [-0.2, 0) is 0 Å². The fourth-order valence-corrected chi connectivity index (χ4v) is 1.33. The number of halogens is 1. The highest BCUT2D eigenvalue weighted by atomic mass is 35.5. The summed E-state index contributed by atoms with van der Waals surface area (Å²) in [4.78, 5) is 17.6. The van der Waals surface area contributed by atoms with Gasteiger partial charge in [-0.25, -0.2) is 4.98 Å². The van der Waals surface area contributed by atoms with Crippen LogP contribution in [0.1, 0.15) is 10.5 Å². The number of rotatable bonds is 1. The SMILES string of the molecule is NC(=O)c1cc2c(Cl)ccnc2[nH]1. The summed E-state index contributed by atoms with van der Waals surface area (Å²) in [5.74, 6) is -0.519. The zero-order valence-electron chi connectivity index (χ0n) is 6.54. The average molecular weight is 196 g/mol. The lowest BCUT2D eigenvalue weighted by molar-refractivity contribution is 0.0996. The molecule has 2 rings (SSSR count). The monoisotopic (exact) mass is 195 g/mol. The largest absolute Gasteiger partial charge is 0.364 e. The Balaban J connectivity index is 2.75. The molecule has 0 unspecified atom stereocenters. The van der Waals surface area contributed by atoms with E-state index in [0.717, 1.165) is 0 Å². The van der Waals surface area contributed by atoms with Crippen LogP contribution in [0.25, 0.3) is 11.0 Å². The second-order valence-corrected chi connectivity index (χ2v) is 3.01. The molecule has 2 heterocycles. The number of hydrogen-bond acceptors (Lipinski definition) is 2. The molecule has 2 aromatic heterocycles. The number of nitrogens with two attached hydrogens (primary N) is 1. The van der Waals surface area contributed by atoms with Crippen LogP contribution in [0.4, 0.5) is 0 Å². The van der Waals surface area contributed by atoms with Crippen LogP contribution in [0.2, 0.25) is 5.02 Å². The highest BCUT2D eigenvalue weighted by molar-refractivity contribution is 6.35. The Bertz CT molecular complexity index is 477. The van der Waals surface area contributed by atoms with Gasteiger partial charge in [0.1, 0.15) is 11.3 Å². The number of nitrogens with zero attached hydrogens (tertiary/aromatic N) is 1. The molecule has 0 radical (unpaired) electrons. The Labute approximate surface area is 78.7 Å². The minimum absolute atomic E-state index is 0.315. The summed E-state index contributed by atoms with van der Waals surface area (Å²) in [7, 11) is 0. The van der Waals surface area contributed by atoms with Gasteiger partial charge in [0.05, 0.1) is 5.02 Å². The standard InChI is InChI=1S/C8H6ClN3O/c9-5-1-2-11-8-4(5)3-6(12-8)7(10)13/h1-3H,(H2,10,13)(H,11,12). The van der Waals surface area contributed by atoms with E-state index in [1.807, 2.05) is 0 Å². The molecule has 0 fully saturated rings. The molecule has 3 N–H and O–H groups in total. The molecule has 66 valence electrons.